The highest BCUT2D eigenvalue weighted by Gasteiger charge is 2.63. The van der Waals surface area contributed by atoms with Crippen molar-refractivity contribution in [1.82, 2.24) is 14.9 Å². The average molecular weight is 834 g/mol. The number of fused-ring (bicyclic) bond motifs is 3. The zero-order valence-electron chi connectivity index (χ0n) is 35.9. The number of carbonyl (C=O) groups excluding carboxylic acids is 4. The summed E-state index contributed by atoms with van der Waals surface area (Å²) in [5.74, 6) is -1.73. The van der Waals surface area contributed by atoms with Gasteiger partial charge in [0.1, 0.15) is 34.3 Å². The summed E-state index contributed by atoms with van der Waals surface area (Å²) in [6, 6.07) is 7.16. The zero-order valence-corrected chi connectivity index (χ0v) is 36.7. The number of unbranched alkanes of at least 4 members (excludes halogenated alkanes) is 3. The van der Waals surface area contributed by atoms with E-state index >= 15 is 0 Å². The Bertz CT molecular complexity index is 2110. The molecule has 3 fully saturated rings. The van der Waals surface area contributed by atoms with Gasteiger partial charge in [-0.05, 0) is 133 Å². The van der Waals surface area contributed by atoms with Gasteiger partial charge in [-0.15, -0.1) is 13.2 Å². The van der Waals surface area contributed by atoms with Crippen molar-refractivity contribution in [3.8, 4) is 11.5 Å². The maximum atomic E-state index is 15.0. The van der Waals surface area contributed by atoms with Gasteiger partial charge in [0.05, 0.1) is 24.8 Å². The van der Waals surface area contributed by atoms with Crippen LogP contribution >= 0.6 is 0 Å². The maximum absolute atomic E-state index is 15.0. The summed E-state index contributed by atoms with van der Waals surface area (Å²) in [7, 11) is -2.47. The van der Waals surface area contributed by atoms with E-state index in [4.69, 9.17) is 14.2 Å². The molecule has 3 amide bonds. The monoisotopic (exact) mass is 833 g/mol. The Hall–Kier alpha value is -4.39. The van der Waals surface area contributed by atoms with Crippen LogP contribution in [0.1, 0.15) is 129 Å². The molecular formula is C46H63N3O9S. The lowest BCUT2D eigenvalue weighted by Gasteiger charge is -2.37. The van der Waals surface area contributed by atoms with Crippen LogP contribution < -0.4 is 19.5 Å². The number of likely N-dealkylation sites (tertiary alicyclic amines) is 1. The summed E-state index contributed by atoms with van der Waals surface area (Å²) < 4.78 is 45.6. The Morgan fingerprint density at radius 2 is 1.76 bits per heavy atom. The molecule has 1 spiro atoms. The Morgan fingerprint density at radius 1 is 1.03 bits per heavy atom. The van der Waals surface area contributed by atoms with Crippen molar-refractivity contribution in [2.24, 2.45) is 11.8 Å². The number of nitrogens with zero attached hydrogens (tertiary/aromatic N) is 1. The minimum absolute atomic E-state index is 0.0907. The van der Waals surface area contributed by atoms with Crippen LogP contribution in [0.25, 0.3) is 10.8 Å². The smallest absolute Gasteiger partial charge is 0.307 e. The number of methoxy groups -OCH3 is 1. The number of ether oxygens (including phenoxy) is 3. The Balaban J connectivity index is 1.36. The van der Waals surface area contributed by atoms with E-state index in [2.05, 4.69) is 35.3 Å². The fraction of sp³-hybridized carbons (Fsp3) is 0.609. The lowest BCUT2D eigenvalue weighted by atomic mass is 9.85. The Morgan fingerprint density at radius 3 is 2.37 bits per heavy atom. The van der Waals surface area contributed by atoms with Crippen LogP contribution in [0.2, 0.25) is 0 Å². The van der Waals surface area contributed by atoms with Gasteiger partial charge < -0.3 is 24.4 Å². The molecule has 2 aliphatic carbocycles. The van der Waals surface area contributed by atoms with Crippen molar-refractivity contribution >= 4 is 44.5 Å². The molecule has 2 aromatic carbocycles. The number of hydrogen-bond acceptors (Lipinski definition) is 9. The predicted octanol–water partition coefficient (Wildman–Crippen LogP) is 7.18. The summed E-state index contributed by atoms with van der Waals surface area (Å²) >= 11 is 0. The van der Waals surface area contributed by atoms with Gasteiger partial charge >= 0.3 is 5.97 Å². The first-order valence-electron chi connectivity index (χ1n) is 21.1. The van der Waals surface area contributed by atoms with Crippen molar-refractivity contribution in [2.45, 2.75) is 152 Å². The number of aryl methyl sites for hydroxylation is 1. The van der Waals surface area contributed by atoms with Crippen LogP contribution in [0.5, 0.6) is 11.5 Å². The number of esters is 1. The van der Waals surface area contributed by atoms with E-state index in [1.807, 2.05) is 18.2 Å². The van der Waals surface area contributed by atoms with E-state index in [-0.39, 0.29) is 31.7 Å². The number of carbonyl (C=O) groups is 4. The molecule has 4 aliphatic rings. The lowest BCUT2D eigenvalue weighted by Crippen LogP contribution is -2.58. The largest absolute Gasteiger partial charge is 0.497 e. The molecule has 5 atom stereocenters. The van der Waals surface area contributed by atoms with Crippen molar-refractivity contribution in [2.75, 3.05) is 13.7 Å². The van der Waals surface area contributed by atoms with Gasteiger partial charge in [0.2, 0.25) is 21.8 Å². The Labute approximate surface area is 349 Å². The van der Waals surface area contributed by atoms with Crippen LogP contribution in [-0.4, -0.2) is 78.2 Å². The third kappa shape index (κ3) is 9.50. The average Bonchev–Trinajstić information content (AvgIpc) is 4.09. The standard InChI is InChI=1S/C46H63N3O9S/c1-10-12-13-14-15-16-31(24-38(50)57-43(3,4)5)41(52)49-28-45(22-21-34-35-25-33(56-9)20-19-30(35)23-36(29-17-18-29)39(34)58-45)27-37(49)40(51)47-46(26-32(46)11-2)42(53)48-59(54,55)44(6,7)8/h10-11,19-20,23,25,29,31-32,37H,1-2,12-18,21-22,24,26-28H2,3-9H3,(H,47,51)(H,48,53)/t31-,32-,37+,45-,46-/m1/s1. The molecule has 2 aliphatic heterocycles. The highest BCUT2D eigenvalue weighted by atomic mass is 32.2. The maximum Gasteiger partial charge on any atom is 0.307 e. The molecule has 2 aromatic rings. The van der Waals surface area contributed by atoms with E-state index < -0.39 is 67.2 Å². The van der Waals surface area contributed by atoms with E-state index in [0.29, 0.717) is 31.6 Å². The minimum atomic E-state index is -4.11. The second-order valence-corrected chi connectivity index (χ2v) is 21.5. The molecule has 322 valence electrons. The second-order valence-electron chi connectivity index (χ2n) is 19.1. The van der Waals surface area contributed by atoms with E-state index in [1.165, 1.54) is 26.8 Å². The fourth-order valence-corrected chi connectivity index (χ4v) is 9.36. The van der Waals surface area contributed by atoms with E-state index in [1.54, 1.807) is 32.8 Å². The number of nitrogens with one attached hydrogen (secondary N) is 2. The van der Waals surface area contributed by atoms with Gasteiger partial charge in [0.25, 0.3) is 5.91 Å². The molecule has 2 saturated carbocycles. The highest BCUT2D eigenvalue weighted by molar-refractivity contribution is 7.91. The van der Waals surface area contributed by atoms with Crippen molar-refractivity contribution < 1.29 is 41.8 Å². The van der Waals surface area contributed by atoms with Gasteiger partial charge in [-0.2, -0.15) is 0 Å². The van der Waals surface area contributed by atoms with Gasteiger partial charge in [0, 0.05) is 23.8 Å². The van der Waals surface area contributed by atoms with Crippen LogP contribution in [0, 0.1) is 11.8 Å². The van der Waals surface area contributed by atoms with E-state index in [0.717, 1.165) is 65.5 Å². The number of amides is 3. The molecule has 1 saturated heterocycles. The zero-order chi connectivity index (χ0) is 43.1. The van der Waals surface area contributed by atoms with Crippen LogP contribution in [0.4, 0.5) is 0 Å². The number of benzene rings is 2. The van der Waals surface area contributed by atoms with Crippen molar-refractivity contribution in [1.29, 1.82) is 0 Å². The molecule has 12 nitrogen and oxygen atoms in total. The quantitative estimate of drug-likeness (QED) is 0.102. The summed E-state index contributed by atoms with van der Waals surface area (Å²) in [5, 5.41) is 5.05. The SMILES string of the molecule is C=CCCCCC[C@H](CC(=O)OC(C)(C)C)C(=O)N1C[C@@]2(CCc3c(c(C4CC4)cc4ccc(OC)cc34)O2)C[C@H]1C(=O)N[C@]1(C(=O)NS(=O)(=O)C(C)(C)C)C[C@H]1C=C. The lowest BCUT2D eigenvalue weighted by molar-refractivity contribution is -0.159. The summed E-state index contributed by atoms with van der Waals surface area (Å²) in [4.78, 5) is 58.5. The third-order valence-electron chi connectivity index (χ3n) is 12.3. The molecule has 2 heterocycles. The van der Waals surface area contributed by atoms with Crippen LogP contribution in [0.3, 0.4) is 0 Å². The number of rotatable bonds is 16. The Kier molecular flexibility index (Phi) is 12.4. The molecule has 13 heteroatoms. The molecule has 2 N–H and O–H groups in total. The van der Waals surface area contributed by atoms with Gasteiger partial charge in [-0.25, -0.2) is 8.42 Å². The second kappa shape index (κ2) is 16.6. The fourth-order valence-electron chi connectivity index (χ4n) is 8.63. The van der Waals surface area contributed by atoms with Gasteiger partial charge in [-0.3, -0.25) is 23.9 Å². The molecule has 0 bridgehead atoms. The number of hydrogen-bond donors (Lipinski definition) is 2. The first kappa shape index (κ1) is 44.2. The first-order chi connectivity index (χ1) is 27.7. The van der Waals surface area contributed by atoms with Crippen molar-refractivity contribution in [3.05, 3.63) is 60.7 Å². The normalized spacial score (nSPS) is 24.4. The molecule has 6 rings (SSSR count). The molecule has 0 aromatic heterocycles. The van der Waals surface area contributed by atoms with Gasteiger partial charge in [-0.1, -0.05) is 31.1 Å². The highest BCUT2D eigenvalue weighted by Crippen LogP contribution is 2.53. The summed E-state index contributed by atoms with van der Waals surface area (Å²) in [6.07, 6.45) is 10.4. The van der Waals surface area contributed by atoms with Crippen LogP contribution in [-0.2, 0) is 40.4 Å². The summed E-state index contributed by atoms with van der Waals surface area (Å²) in [6.45, 7) is 17.5. The number of allylic oxidation sites excluding steroid dienone is 1. The molecule has 59 heavy (non-hydrogen) atoms. The third-order valence-corrected chi connectivity index (χ3v) is 14.4. The molecular weight excluding hydrogens is 771 g/mol. The number of sulfonamides is 1. The van der Waals surface area contributed by atoms with Gasteiger partial charge in [0.15, 0.2) is 0 Å². The topological polar surface area (TPSA) is 157 Å². The predicted molar refractivity (Wildman–Crippen MR) is 228 cm³/mol. The van der Waals surface area contributed by atoms with E-state index in [9.17, 15) is 27.6 Å². The molecule has 0 unspecified atom stereocenters. The minimum Gasteiger partial charge on any atom is -0.497 e. The molecule has 0 radical (unpaired) electrons. The first-order valence-corrected chi connectivity index (χ1v) is 22.6. The van der Waals surface area contributed by atoms with Crippen molar-refractivity contribution in [3.63, 3.8) is 0 Å². The summed E-state index contributed by atoms with van der Waals surface area (Å²) in [5.41, 5.74) is -1.09. The van der Waals surface area contributed by atoms with Crippen LogP contribution in [0.15, 0.2) is 49.6 Å².